The topological polar surface area (TPSA) is 44.5 Å². The van der Waals surface area contributed by atoms with Gasteiger partial charge in [0, 0.05) is 13.2 Å². The van der Waals surface area contributed by atoms with Crippen molar-refractivity contribution >= 4 is 0 Å². The van der Waals surface area contributed by atoms with E-state index >= 15 is 0 Å². The van der Waals surface area contributed by atoms with Crippen LogP contribution in [0.25, 0.3) is 0 Å². The second kappa shape index (κ2) is 6.88. The van der Waals surface area contributed by atoms with Gasteiger partial charge in [-0.05, 0) is 37.5 Å². The van der Waals surface area contributed by atoms with Crippen LogP contribution in [0, 0.1) is 5.41 Å². The summed E-state index contributed by atoms with van der Waals surface area (Å²) in [5, 5.41) is 0. The lowest BCUT2D eigenvalue weighted by Gasteiger charge is -2.39. The van der Waals surface area contributed by atoms with Crippen LogP contribution in [0.2, 0.25) is 0 Å². The fraction of sp³-hybridized carbons (Fsp3) is 1.00. The summed E-state index contributed by atoms with van der Waals surface area (Å²) in [7, 11) is 1.80. The van der Waals surface area contributed by atoms with Gasteiger partial charge in [-0.25, -0.2) is 0 Å². The molecule has 1 aliphatic rings. The van der Waals surface area contributed by atoms with Gasteiger partial charge in [-0.3, -0.25) is 0 Å². The van der Waals surface area contributed by atoms with E-state index < -0.39 is 0 Å². The third-order valence-corrected chi connectivity index (χ3v) is 3.96. The second-order valence-corrected chi connectivity index (χ2v) is 6.64. The smallest absolute Gasteiger partial charge is 0.0777 e. The number of nitrogens with two attached hydrogens (primary N) is 1. The van der Waals surface area contributed by atoms with E-state index in [2.05, 4.69) is 27.7 Å². The molecule has 0 heterocycles. The summed E-state index contributed by atoms with van der Waals surface area (Å²) in [6.45, 7) is 8.77. The number of ether oxygens (including phenoxy) is 2. The Morgan fingerprint density at radius 1 is 1.22 bits per heavy atom. The Hall–Kier alpha value is -0.120. The predicted molar refractivity (Wildman–Crippen MR) is 75.6 cm³/mol. The minimum absolute atomic E-state index is 0.0927. The summed E-state index contributed by atoms with van der Waals surface area (Å²) in [6, 6.07) is 0.118. The maximum atomic E-state index is 6.34. The molecule has 0 saturated heterocycles. The normalized spacial score (nSPS) is 29.0. The molecule has 0 aromatic carbocycles. The lowest BCUT2D eigenvalue weighted by Crippen LogP contribution is -2.47. The Kier molecular flexibility index (Phi) is 6.09. The van der Waals surface area contributed by atoms with Crippen LogP contribution >= 0.6 is 0 Å². The summed E-state index contributed by atoms with van der Waals surface area (Å²) in [5.74, 6) is 0. The molecule has 0 aromatic heterocycles. The van der Waals surface area contributed by atoms with Crippen molar-refractivity contribution in [1.82, 2.24) is 0 Å². The van der Waals surface area contributed by atoms with E-state index in [9.17, 15) is 0 Å². The van der Waals surface area contributed by atoms with E-state index in [-0.39, 0.29) is 17.6 Å². The van der Waals surface area contributed by atoms with Gasteiger partial charge in [-0.2, -0.15) is 0 Å². The van der Waals surface area contributed by atoms with Crippen LogP contribution in [0.1, 0.15) is 59.8 Å². The van der Waals surface area contributed by atoms with Crippen LogP contribution in [-0.4, -0.2) is 31.5 Å². The van der Waals surface area contributed by atoms with E-state index in [1.54, 1.807) is 7.11 Å². The molecule has 0 radical (unpaired) electrons. The quantitative estimate of drug-likeness (QED) is 0.823. The fourth-order valence-electron chi connectivity index (χ4n) is 2.81. The highest BCUT2D eigenvalue weighted by atomic mass is 16.5. The lowest BCUT2D eigenvalue weighted by molar-refractivity contribution is -0.109. The van der Waals surface area contributed by atoms with Crippen LogP contribution in [0.15, 0.2) is 0 Å². The van der Waals surface area contributed by atoms with E-state index in [1.807, 2.05) is 0 Å². The van der Waals surface area contributed by atoms with Crippen LogP contribution in [0.5, 0.6) is 0 Å². The van der Waals surface area contributed by atoms with Gasteiger partial charge in [0.15, 0.2) is 0 Å². The van der Waals surface area contributed by atoms with Crippen molar-refractivity contribution in [1.29, 1.82) is 0 Å². The Morgan fingerprint density at radius 3 is 2.33 bits per heavy atom. The zero-order chi connectivity index (χ0) is 13.8. The van der Waals surface area contributed by atoms with Crippen molar-refractivity contribution in [3.63, 3.8) is 0 Å². The molecular formula is C15H31NO2. The molecule has 3 nitrogen and oxygen atoms in total. The molecule has 108 valence electrons. The number of methoxy groups -OCH3 is 1. The van der Waals surface area contributed by atoms with Gasteiger partial charge >= 0.3 is 0 Å². The van der Waals surface area contributed by atoms with Crippen molar-refractivity contribution in [2.45, 2.75) is 84.2 Å². The second-order valence-electron chi connectivity index (χ2n) is 6.64. The van der Waals surface area contributed by atoms with E-state index in [4.69, 9.17) is 15.2 Å². The maximum Gasteiger partial charge on any atom is 0.0777 e. The molecule has 3 heteroatoms. The van der Waals surface area contributed by atoms with Crippen molar-refractivity contribution in [3.8, 4) is 0 Å². The molecule has 2 N–H and O–H groups in total. The average molecular weight is 257 g/mol. The lowest BCUT2D eigenvalue weighted by atomic mass is 9.83. The summed E-state index contributed by atoms with van der Waals surface area (Å²) >= 11 is 0. The fourth-order valence-corrected chi connectivity index (χ4v) is 2.81. The molecule has 0 amide bonds. The molecule has 1 saturated carbocycles. The SMILES string of the molecule is CCC(N)C(OC1CCCC(OC)C1)C(C)(C)C. The summed E-state index contributed by atoms with van der Waals surface area (Å²) < 4.78 is 11.8. The zero-order valence-corrected chi connectivity index (χ0v) is 12.7. The molecule has 0 aromatic rings. The predicted octanol–water partition coefficient (Wildman–Crippen LogP) is 3.11. The standard InChI is InChI=1S/C15H31NO2/c1-6-13(16)14(15(2,3)4)18-12-9-7-8-11(10-12)17-5/h11-14H,6-10,16H2,1-5H3. The molecule has 4 atom stereocenters. The van der Waals surface area contributed by atoms with Crippen molar-refractivity contribution in [3.05, 3.63) is 0 Å². The summed E-state index contributed by atoms with van der Waals surface area (Å²) in [5.41, 5.74) is 6.32. The van der Waals surface area contributed by atoms with Crippen molar-refractivity contribution < 1.29 is 9.47 Å². The first-order chi connectivity index (χ1) is 8.38. The van der Waals surface area contributed by atoms with Crippen LogP contribution in [0.3, 0.4) is 0 Å². The molecule has 1 fully saturated rings. The average Bonchev–Trinajstić information content (AvgIpc) is 2.34. The van der Waals surface area contributed by atoms with Crippen LogP contribution in [-0.2, 0) is 9.47 Å². The third kappa shape index (κ3) is 4.52. The van der Waals surface area contributed by atoms with E-state index in [0.29, 0.717) is 12.2 Å². The van der Waals surface area contributed by atoms with Gasteiger partial charge in [-0.1, -0.05) is 27.7 Å². The van der Waals surface area contributed by atoms with Gasteiger partial charge in [0.25, 0.3) is 0 Å². The highest BCUT2D eigenvalue weighted by Gasteiger charge is 2.34. The number of rotatable bonds is 5. The van der Waals surface area contributed by atoms with Crippen molar-refractivity contribution in [2.75, 3.05) is 7.11 Å². The minimum Gasteiger partial charge on any atom is -0.381 e. The summed E-state index contributed by atoms with van der Waals surface area (Å²) in [4.78, 5) is 0. The Morgan fingerprint density at radius 2 is 1.83 bits per heavy atom. The monoisotopic (exact) mass is 257 g/mol. The highest BCUT2D eigenvalue weighted by Crippen LogP contribution is 2.31. The molecule has 0 bridgehead atoms. The Labute approximate surface area is 112 Å². The molecule has 4 unspecified atom stereocenters. The maximum absolute atomic E-state index is 6.34. The number of hydrogen-bond donors (Lipinski definition) is 1. The molecule has 18 heavy (non-hydrogen) atoms. The molecule has 1 rings (SSSR count). The Balaban J connectivity index is 2.60. The number of hydrogen-bond acceptors (Lipinski definition) is 3. The zero-order valence-electron chi connectivity index (χ0n) is 12.7. The molecule has 0 aliphatic heterocycles. The van der Waals surface area contributed by atoms with Crippen LogP contribution < -0.4 is 5.73 Å². The largest absolute Gasteiger partial charge is 0.381 e. The third-order valence-electron chi connectivity index (χ3n) is 3.96. The molecule has 1 aliphatic carbocycles. The first-order valence-electron chi connectivity index (χ1n) is 7.32. The van der Waals surface area contributed by atoms with Crippen LogP contribution in [0.4, 0.5) is 0 Å². The van der Waals surface area contributed by atoms with Gasteiger partial charge in [0.2, 0.25) is 0 Å². The minimum atomic E-state index is 0.0927. The van der Waals surface area contributed by atoms with Gasteiger partial charge in [0.05, 0.1) is 18.3 Å². The highest BCUT2D eigenvalue weighted by molar-refractivity contribution is 4.86. The van der Waals surface area contributed by atoms with Gasteiger partial charge in [0.1, 0.15) is 0 Å². The van der Waals surface area contributed by atoms with Crippen molar-refractivity contribution in [2.24, 2.45) is 11.1 Å². The summed E-state index contributed by atoms with van der Waals surface area (Å²) in [6.07, 6.45) is 6.28. The van der Waals surface area contributed by atoms with E-state index in [1.165, 1.54) is 6.42 Å². The van der Waals surface area contributed by atoms with Gasteiger partial charge in [-0.15, -0.1) is 0 Å². The first-order valence-corrected chi connectivity index (χ1v) is 7.32. The Bertz CT molecular complexity index is 237. The first kappa shape index (κ1) is 15.9. The van der Waals surface area contributed by atoms with E-state index in [0.717, 1.165) is 25.7 Å². The molecular weight excluding hydrogens is 226 g/mol. The molecule has 0 spiro atoms. The van der Waals surface area contributed by atoms with Gasteiger partial charge < -0.3 is 15.2 Å².